The van der Waals surface area contributed by atoms with Gasteiger partial charge in [-0.05, 0) is 36.4 Å². The number of hydrogen-bond acceptors (Lipinski definition) is 4. The van der Waals surface area contributed by atoms with Crippen LogP contribution in [0.3, 0.4) is 0 Å². The van der Waals surface area contributed by atoms with E-state index in [0.29, 0.717) is 10.9 Å². The minimum Gasteiger partial charge on any atom is -0.623 e. The van der Waals surface area contributed by atoms with Gasteiger partial charge in [0.2, 0.25) is 12.1 Å². The fraction of sp³-hybridized carbons (Fsp3) is 0.294. The molecule has 0 saturated carbocycles. The van der Waals surface area contributed by atoms with E-state index in [1.807, 2.05) is 51.1 Å². The first-order chi connectivity index (χ1) is 10.7. The van der Waals surface area contributed by atoms with Crippen LogP contribution in [-0.2, 0) is 4.79 Å². The highest BCUT2D eigenvalue weighted by atomic mass is 32.2. The molecule has 6 heteroatoms. The van der Waals surface area contributed by atoms with Crippen LogP contribution < -0.4 is 5.32 Å². The van der Waals surface area contributed by atoms with Gasteiger partial charge in [-0.2, -0.15) is 0 Å². The zero-order valence-corrected chi connectivity index (χ0v) is 14.4. The highest BCUT2D eigenvalue weighted by molar-refractivity contribution is 7.99. The number of hydroxylamine groups is 1. The molecular formula is C17H20N2O3S. The van der Waals surface area contributed by atoms with Crippen molar-refractivity contribution in [2.24, 2.45) is 0 Å². The van der Waals surface area contributed by atoms with E-state index in [-0.39, 0.29) is 5.91 Å². The molecule has 1 N–H and O–H groups in total. The van der Waals surface area contributed by atoms with Crippen LogP contribution in [0.1, 0.15) is 33.5 Å². The number of rotatable bonds is 4. The average molecular weight is 332 g/mol. The standard InChI is InChI=1S/C17H20N2O3S/c1-12(20)18-13-5-8-15(9-6-13)23-16-10-7-14(22-16)11-19(21)17(2,3)4/h5-11H,1-4H3,(H,18,20)/b19-11-. The van der Waals surface area contributed by atoms with Crippen LogP contribution >= 0.6 is 11.8 Å². The van der Waals surface area contributed by atoms with Crippen LogP contribution in [0, 0.1) is 5.21 Å². The lowest BCUT2D eigenvalue weighted by Gasteiger charge is -2.17. The first-order valence-electron chi connectivity index (χ1n) is 7.21. The van der Waals surface area contributed by atoms with Gasteiger partial charge in [-0.15, -0.1) is 0 Å². The summed E-state index contributed by atoms with van der Waals surface area (Å²) in [4.78, 5) is 12.0. The summed E-state index contributed by atoms with van der Waals surface area (Å²) in [5.41, 5.74) is 0.252. The molecule has 0 aliphatic heterocycles. The Hall–Kier alpha value is -2.21. The number of nitrogens with one attached hydrogen (secondary N) is 1. The van der Waals surface area contributed by atoms with Crippen molar-refractivity contribution in [3.05, 3.63) is 47.4 Å². The molecule has 2 rings (SSSR count). The summed E-state index contributed by atoms with van der Waals surface area (Å²) in [5.74, 6) is 0.421. The summed E-state index contributed by atoms with van der Waals surface area (Å²) in [7, 11) is 0. The molecule has 0 bridgehead atoms. The van der Waals surface area contributed by atoms with Crippen molar-refractivity contribution in [3.63, 3.8) is 0 Å². The number of benzene rings is 1. The molecule has 1 aromatic heterocycles. The Labute approximate surface area is 140 Å². The molecule has 122 valence electrons. The van der Waals surface area contributed by atoms with Gasteiger partial charge in [-0.25, -0.2) is 4.74 Å². The van der Waals surface area contributed by atoms with Gasteiger partial charge < -0.3 is 14.9 Å². The maximum absolute atomic E-state index is 11.9. The minimum atomic E-state index is -0.500. The number of anilines is 1. The monoisotopic (exact) mass is 332 g/mol. The number of carbonyl (C=O) groups excluding carboxylic acids is 1. The van der Waals surface area contributed by atoms with Crippen LogP contribution in [0.15, 0.2) is 50.8 Å². The Morgan fingerprint density at radius 1 is 1.22 bits per heavy atom. The van der Waals surface area contributed by atoms with Gasteiger partial charge in [0.05, 0.1) is 0 Å². The Bertz CT molecular complexity index is 712. The Morgan fingerprint density at radius 3 is 2.43 bits per heavy atom. The highest BCUT2D eigenvalue weighted by Gasteiger charge is 2.19. The second-order valence-corrected chi connectivity index (χ2v) is 7.17. The van der Waals surface area contributed by atoms with Crippen LogP contribution in [0.25, 0.3) is 0 Å². The lowest BCUT2D eigenvalue weighted by atomic mass is 10.1. The third kappa shape index (κ3) is 5.17. The van der Waals surface area contributed by atoms with Crippen molar-refractivity contribution in [3.8, 4) is 0 Å². The smallest absolute Gasteiger partial charge is 0.221 e. The van der Waals surface area contributed by atoms with Crippen LogP contribution in [-0.4, -0.2) is 22.4 Å². The second kappa shape index (κ2) is 6.91. The lowest BCUT2D eigenvalue weighted by molar-refractivity contribution is -0.530. The van der Waals surface area contributed by atoms with Crippen molar-refractivity contribution >= 4 is 29.6 Å². The summed E-state index contributed by atoms with van der Waals surface area (Å²) in [6, 6.07) is 11.1. The number of furan rings is 1. The Morgan fingerprint density at radius 2 is 1.87 bits per heavy atom. The fourth-order valence-corrected chi connectivity index (χ4v) is 2.47. The molecule has 0 spiro atoms. The normalized spacial score (nSPS) is 12.3. The summed E-state index contributed by atoms with van der Waals surface area (Å²) in [6.45, 7) is 6.99. The van der Waals surface area contributed by atoms with Crippen molar-refractivity contribution < 1.29 is 14.0 Å². The van der Waals surface area contributed by atoms with Gasteiger partial charge in [0.25, 0.3) is 0 Å². The largest absolute Gasteiger partial charge is 0.623 e. The van der Waals surface area contributed by atoms with E-state index in [1.54, 1.807) is 6.07 Å². The van der Waals surface area contributed by atoms with Crippen molar-refractivity contribution in [2.45, 2.75) is 43.2 Å². The van der Waals surface area contributed by atoms with Crippen LogP contribution in [0.5, 0.6) is 0 Å². The molecule has 0 atom stereocenters. The number of nitrogens with zero attached hydrogens (tertiary/aromatic N) is 1. The third-order valence-corrected chi connectivity index (χ3v) is 3.83. The Balaban J connectivity index is 2.06. The molecule has 0 fully saturated rings. The Kier molecular flexibility index (Phi) is 5.15. The molecule has 1 aromatic carbocycles. The van der Waals surface area contributed by atoms with E-state index in [1.165, 1.54) is 24.9 Å². The van der Waals surface area contributed by atoms with Gasteiger partial charge in [0.1, 0.15) is 0 Å². The summed E-state index contributed by atoms with van der Waals surface area (Å²) >= 11 is 1.45. The molecule has 1 heterocycles. The van der Waals surface area contributed by atoms with Gasteiger partial charge in [-0.1, -0.05) is 11.8 Å². The van der Waals surface area contributed by atoms with E-state index in [4.69, 9.17) is 4.42 Å². The molecule has 0 aliphatic rings. The van der Waals surface area contributed by atoms with E-state index in [0.717, 1.165) is 15.3 Å². The zero-order chi connectivity index (χ0) is 17.0. The van der Waals surface area contributed by atoms with Gasteiger partial charge >= 0.3 is 0 Å². The minimum absolute atomic E-state index is 0.0994. The van der Waals surface area contributed by atoms with Crippen LogP contribution in [0.4, 0.5) is 5.69 Å². The van der Waals surface area contributed by atoms with Crippen LogP contribution in [0.2, 0.25) is 0 Å². The summed E-state index contributed by atoms with van der Waals surface area (Å²) in [6.07, 6.45) is 1.45. The molecule has 0 radical (unpaired) electrons. The highest BCUT2D eigenvalue weighted by Crippen LogP contribution is 2.29. The topological polar surface area (TPSA) is 68.3 Å². The van der Waals surface area contributed by atoms with Crippen molar-refractivity contribution in [2.75, 3.05) is 5.32 Å². The third-order valence-electron chi connectivity index (χ3n) is 2.90. The maximum atomic E-state index is 11.9. The summed E-state index contributed by atoms with van der Waals surface area (Å²) < 4.78 is 6.52. The predicted molar refractivity (Wildman–Crippen MR) is 92.1 cm³/mol. The lowest BCUT2D eigenvalue weighted by Crippen LogP contribution is -2.29. The quantitative estimate of drug-likeness (QED) is 0.396. The van der Waals surface area contributed by atoms with Crippen molar-refractivity contribution in [1.29, 1.82) is 0 Å². The van der Waals surface area contributed by atoms with E-state index in [9.17, 15) is 10.0 Å². The molecule has 1 amide bonds. The molecular weight excluding hydrogens is 312 g/mol. The SMILES string of the molecule is CC(=O)Nc1ccc(Sc2ccc(/C=[N+](\[O-])C(C)(C)C)o2)cc1. The maximum Gasteiger partial charge on any atom is 0.221 e. The fourth-order valence-electron chi connectivity index (χ4n) is 1.69. The number of hydrogen-bond donors (Lipinski definition) is 1. The van der Waals surface area contributed by atoms with Gasteiger partial charge in [-0.3, -0.25) is 4.79 Å². The zero-order valence-electron chi connectivity index (χ0n) is 13.6. The first kappa shape index (κ1) is 17.1. The molecule has 0 saturated heterocycles. The van der Waals surface area contributed by atoms with E-state index >= 15 is 0 Å². The molecule has 0 unspecified atom stereocenters. The van der Waals surface area contributed by atoms with E-state index < -0.39 is 5.54 Å². The number of amides is 1. The molecule has 0 aliphatic carbocycles. The van der Waals surface area contributed by atoms with E-state index in [2.05, 4.69) is 5.32 Å². The summed E-state index contributed by atoms with van der Waals surface area (Å²) in [5, 5.41) is 15.3. The molecule has 2 aromatic rings. The predicted octanol–water partition coefficient (Wildman–Crippen LogP) is 4.12. The average Bonchev–Trinajstić information content (AvgIpc) is 2.86. The van der Waals surface area contributed by atoms with Gasteiger partial charge in [0.15, 0.2) is 16.4 Å². The molecule has 5 nitrogen and oxygen atoms in total. The van der Waals surface area contributed by atoms with Gasteiger partial charge in [0, 0.05) is 38.3 Å². The second-order valence-electron chi connectivity index (χ2n) is 6.09. The number of carbonyl (C=O) groups is 1. The van der Waals surface area contributed by atoms with Crippen molar-refractivity contribution in [1.82, 2.24) is 0 Å². The molecule has 23 heavy (non-hydrogen) atoms. The first-order valence-corrected chi connectivity index (χ1v) is 8.02.